The molecule has 7 nitrogen and oxygen atoms in total. The Hall–Kier alpha value is -2.39. The predicted octanol–water partition coefficient (Wildman–Crippen LogP) is 5.58. The summed E-state index contributed by atoms with van der Waals surface area (Å²) >= 11 is 23.9. The van der Waals surface area contributed by atoms with Gasteiger partial charge in [0.15, 0.2) is 9.75 Å². The monoisotopic (exact) mass is 664 g/mol. The van der Waals surface area contributed by atoms with Gasteiger partial charge in [-0.3, -0.25) is 24.1 Å². The van der Waals surface area contributed by atoms with Gasteiger partial charge in [0.1, 0.15) is 5.75 Å². The first kappa shape index (κ1) is 27.8. The van der Waals surface area contributed by atoms with Crippen LogP contribution >= 0.6 is 50.7 Å². The third-order valence-electron chi connectivity index (χ3n) is 9.01. The zero-order valence-corrected chi connectivity index (χ0v) is 25.3. The molecule has 0 unspecified atom stereocenters. The number of phenols is 1. The Labute approximate surface area is 254 Å². The van der Waals surface area contributed by atoms with Crippen LogP contribution in [-0.4, -0.2) is 48.8 Å². The molecule has 2 aliphatic carbocycles. The molecule has 4 amide bonds. The van der Waals surface area contributed by atoms with Crippen molar-refractivity contribution in [1.82, 2.24) is 4.90 Å². The topological polar surface area (TPSA) is 95.0 Å². The summed E-state index contributed by atoms with van der Waals surface area (Å²) in [4.78, 5) is 53.5. The predicted molar refractivity (Wildman–Crippen MR) is 155 cm³/mol. The molecule has 6 rings (SSSR count). The van der Waals surface area contributed by atoms with Gasteiger partial charge in [0.05, 0.1) is 23.0 Å². The number of anilines is 1. The maximum atomic E-state index is 14.0. The summed E-state index contributed by atoms with van der Waals surface area (Å²) in [6.07, 6.45) is 1.95. The highest BCUT2D eigenvalue weighted by molar-refractivity contribution is 9.09. The number of benzene rings is 2. The highest BCUT2D eigenvalue weighted by Crippen LogP contribution is 2.66. The number of halogens is 4. The van der Waals surface area contributed by atoms with Crippen LogP contribution in [0.25, 0.3) is 0 Å². The third kappa shape index (κ3) is 3.42. The van der Waals surface area contributed by atoms with Gasteiger partial charge in [-0.25, -0.2) is 4.90 Å². The van der Waals surface area contributed by atoms with Crippen molar-refractivity contribution in [2.24, 2.45) is 17.8 Å². The molecule has 11 heteroatoms. The summed E-state index contributed by atoms with van der Waals surface area (Å²) in [5.74, 6) is -5.42. The van der Waals surface area contributed by atoms with E-state index in [1.54, 1.807) is 43.3 Å². The Morgan fingerprint density at radius 1 is 1.00 bits per heavy atom. The number of imide groups is 2. The lowest BCUT2D eigenvalue weighted by molar-refractivity contribution is -0.138. The number of allylic oxidation sites excluding steroid dienone is 2. The number of fused-ring (bicyclic) bond motifs is 4. The van der Waals surface area contributed by atoms with E-state index in [0.29, 0.717) is 27.4 Å². The number of amides is 4. The molecule has 0 aromatic heterocycles. The van der Waals surface area contributed by atoms with Crippen LogP contribution in [0.5, 0.6) is 5.75 Å². The minimum atomic E-state index is -1.96. The summed E-state index contributed by atoms with van der Waals surface area (Å²) in [5.41, 5.74) is 2.58. The third-order valence-corrected chi connectivity index (χ3v) is 11.3. The van der Waals surface area contributed by atoms with E-state index in [0.717, 1.165) is 15.4 Å². The van der Waals surface area contributed by atoms with Gasteiger partial charge in [-0.2, -0.15) is 0 Å². The summed E-state index contributed by atoms with van der Waals surface area (Å²) in [7, 11) is 0. The minimum absolute atomic E-state index is 0.0718. The molecular weight excluding hydrogens is 643 g/mol. The Morgan fingerprint density at radius 3 is 2.40 bits per heavy atom. The molecule has 2 aliphatic heterocycles. The molecule has 0 bridgehead atoms. The van der Waals surface area contributed by atoms with E-state index < -0.39 is 51.1 Å². The van der Waals surface area contributed by atoms with Crippen molar-refractivity contribution in [3.05, 3.63) is 69.8 Å². The number of aromatic hydroxyl groups is 1. The lowest BCUT2D eigenvalue weighted by Crippen LogP contribution is -2.60. The summed E-state index contributed by atoms with van der Waals surface area (Å²) < 4.78 is 0. The van der Waals surface area contributed by atoms with Crippen molar-refractivity contribution in [3.63, 3.8) is 0 Å². The maximum absolute atomic E-state index is 14.0. The first-order chi connectivity index (χ1) is 18.9. The van der Waals surface area contributed by atoms with E-state index >= 15 is 0 Å². The van der Waals surface area contributed by atoms with E-state index in [4.69, 9.17) is 34.8 Å². The molecule has 208 valence electrons. The molecule has 4 aliphatic rings. The highest BCUT2D eigenvalue weighted by Gasteiger charge is 2.76. The Morgan fingerprint density at radius 2 is 1.73 bits per heavy atom. The average Bonchev–Trinajstić information content (AvgIpc) is 3.25. The van der Waals surface area contributed by atoms with Crippen LogP contribution in [0.1, 0.15) is 35.4 Å². The van der Waals surface area contributed by atoms with E-state index in [1.165, 1.54) is 0 Å². The molecule has 2 saturated heterocycles. The Bertz CT molecular complexity index is 1560. The number of aryl methyl sites for hydroxylation is 2. The molecule has 2 aromatic rings. The zero-order chi connectivity index (χ0) is 28.9. The van der Waals surface area contributed by atoms with E-state index in [9.17, 15) is 24.3 Å². The molecular formula is C29H24BrCl3N2O5. The Balaban J connectivity index is 1.53. The van der Waals surface area contributed by atoms with Gasteiger partial charge < -0.3 is 5.11 Å². The van der Waals surface area contributed by atoms with Crippen LogP contribution in [0.2, 0.25) is 5.02 Å². The molecule has 0 radical (unpaired) electrons. The molecule has 2 heterocycles. The molecule has 6 atom stereocenters. The summed E-state index contributed by atoms with van der Waals surface area (Å²) in [6, 6.07) is 10.1. The van der Waals surface area contributed by atoms with Crippen LogP contribution in [0.15, 0.2) is 48.0 Å². The van der Waals surface area contributed by atoms with Gasteiger partial charge in [-0.15, -0.1) is 23.2 Å². The fourth-order valence-corrected chi connectivity index (χ4v) is 8.58. The van der Waals surface area contributed by atoms with Crippen LogP contribution in [-0.2, 0) is 19.2 Å². The van der Waals surface area contributed by atoms with E-state index in [-0.39, 0.29) is 30.0 Å². The van der Waals surface area contributed by atoms with Crippen molar-refractivity contribution in [2.45, 2.75) is 42.4 Å². The quantitative estimate of drug-likeness (QED) is 0.200. The standard InChI is InChI=1S/C29H24BrCl3N2O5/c1-13-6-7-15(10-20(13)31)35-24(37)17-9-8-16-19(21(17)25(35)38)11-28(32)26(39)34(12-30)27(40)29(28,33)22(16)18-5-3-4-14(2)23(18)36/h3-8,10,17,19,21-22,36H,9,11-12H2,1-2H3/t17-,19+,21-,22+,28+,29-/m0/s1. The van der Waals surface area contributed by atoms with Crippen molar-refractivity contribution >= 4 is 80.0 Å². The maximum Gasteiger partial charge on any atom is 0.254 e. The molecule has 40 heavy (non-hydrogen) atoms. The second kappa shape index (κ2) is 9.31. The Kier molecular flexibility index (Phi) is 6.46. The largest absolute Gasteiger partial charge is 0.507 e. The second-order valence-electron chi connectivity index (χ2n) is 10.9. The van der Waals surface area contributed by atoms with Crippen LogP contribution in [0, 0.1) is 31.6 Å². The van der Waals surface area contributed by atoms with E-state index in [1.807, 2.05) is 13.0 Å². The van der Waals surface area contributed by atoms with Crippen molar-refractivity contribution in [3.8, 4) is 5.75 Å². The number of para-hydroxylation sites is 1. The SMILES string of the molecule is Cc1ccc(N2C(=O)[C@H]3[C@H](CC=C4[C@H]3C[C@@]3(Cl)C(=O)N(CBr)C(=O)[C@@]3(Cl)[C@H]4c3cccc(C)c3O)C2=O)cc1Cl. The van der Waals surface area contributed by atoms with Crippen LogP contribution in [0.3, 0.4) is 0 Å². The first-order valence-electron chi connectivity index (χ1n) is 12.8. The smallest absolute Gasteiger partial charge is 0.254 e. The molecule has 1 N–H and O–H groups in total. The van der Waals surface area contributed by atoms with E-state index in [2.05, 4.69) is 15.9 Å². The van der Waals surface area contributed by atoms with Gasteiger partial charge in [-0.05, 0) is 55.9 Å². The number of nitrogens with zero attached hydrogens (tertiary/aromatic N) is 2. The fourth-order valence-electron chi connectivity index (χ4n) is 6.99. The first-order valence-corrected chi connectivity index (χ1v) is 15.1. The number of likely N-dealkylation sites (tertiary alicyclic amines) is 1. The molecule has 2 aromatic carbocycles. The number of carbonyl (C=O) groups excluding carboxylic acids is 4. The lowest BCUT2D eigenvalue weighted by Gasteiger charge is -2.50. The fraction of sp³-hybridized carbons (Fsp3) is 0.379. The zero-order valence-electron chi connectivity index (χ0n) is 21.5. The van der Waals surface area contributed by atoms with Crippen molar-refractivity contribution in [2.75, 3.05) is 10.4 Å². The molecule has 0 spiro atoms. The average molecular weight is 667 g/mol. The van der Waals surface area contributed by atoms with Gasteiger partial charge in [0.25, 0.3) is 11.8 Å². The van der Waals surface area contributed by atoms with Gasteiger partial charge >= 0.3 is 0 Å². The highest BCUT2D eigenvalue weighted by atomic mass is 79.9. The minimum Gasteiger partial charge on any atom is -0.507 e. The summed E-state index contributed by atoms with van der Waals surface area (Å²) in [6.45, 7) is 3.54. The lowest BCUT2D eigenvalue weighted by atomic mass is 9.56. The van der Waals surface area contributed by atoms with Crippen LogP contribution < -0.4 is 4.90 Å². The number of carbonyl (C=O) groups is 4. The van der Waals surface area contributed by atoms with Gasteiger partial charge in [-0.1, -0.05) is 63.4 Å². The summed E-state index contributed by atoms with van der Waals surface area (Å²) in [5, 5.41) is 11.6. The van der Waals surface area contributed by atoms with Gasteiger partial charge in [0, 0.05) is 16.5 Å². The second-order valence-corrected chi connectivity index (χ2v) is 13.1. The molecule has 1 saturated carbocycles. The molecule has 3 fully saturated rings. The normalized spacial score (nSPS) is 33.2. The van der Waals surface area contributed by atoms with Crippen molar-refractivity contribution in [1.29, 1.82) is 0 Å². The number of rotatable bonds is 3. The van der Waals surface area contributed by atoms with Crippen LogP contribution in [0.4, 0.5) is 5.69 Å². The number of hydrogen-bond donors (Lipinski definition) is 1. The van der Waals surface area contributed by atoms with Gasteiger partial charge in [0.2, 0.25) is 11.8 Å². The van der Waals surface area contributed by atoms with Crippen molar-refractivity contribution < 1.29 is 24.3 Å². The number of phenolic OH excluding ortho intramolecular Hbond substituents is 1. The number of hydrogen-bond acceptors (Lipinski definition) is 5. The number of alkyl halides is 3.